The number of nitrogens with one attached hydrogen (secondary N) is 1. The Labute approximate surface area is 190 Å². The number of H-pyrrole nitrogens is 1. The molecule has 33 heavy (non-hydrogen) atoms. The van der Waals surface area contributed by atoms with Gasteiger partial charge in [0.15, 0.2) is 5.65 Å². The van der Waals surface area contributed by atoms with Crippen molar-refractivity contribution in [2.75, 3.05) is 0 Å². The summed E-state index contributed by atoms with van der Waals surface area (Å²) < 4.78 is 25.7. The van der Waals surface area contributed by atoms with Gasteiger partial charge in [0.1, 0.15) is 11.3 Å². The third kappa shape index (κ3) is 4.81. The van der Waals surface area contributed by atoms with Gasteiger partial charge in [0.2, 0.25) is 10.0 Å². The predicted molar refractivity (Wildman–Crippen MR) is 126 cm³/mol. The molecule has 172 valence electrons. The van der Waals surface area contributed by atoms with Crippen LogP contribution in [0.5, 0.6) is 0 Å². The van der Waals surface area contributed by atoms with Gasteiger partial charge in [0.05, 0.1) is 11.4 Å². The van der Waals surface area contributed by atoms with Gasteiger partial charge < -0.3 is 4.98 Å². The minimum Gasteiger partial charge on any atom is -0.336 e. The van der Waals surface area contributed by atoms with E-state index >= 15 is 0 Å². The molecule has 4 aromatic rings. The molecule has 10 heteroatoms. The molecule has 0 amide bonds. The van der Waals surface area contributed by atoms with Crippen molar-refractivity contribution < 1.29 is 8.42 Å². The van der Waals surface area contributed by atoms with Crippen LogP contribution in [-0.2, 0) is 29.5 Å². The van der Waals surface area contributed by atoms with E-state index in [4.69, 9.17) is 5.14 Å². The van der Waals surface area contributed by atoms with Crippen LogP contribution in [0.25, 0.3) is 11.2 Å². The Bertz CT molecular complexity index is 1500. The fraction of sp³-hybridized carbons (Fsp3) is 0.261. The Hall–Kier alpha value is -3.50. The third-order valence-corrected chi connectivity index (χ3v) is 6.38. The molecule has 9 nitrogen and oxygen atoms in total. The molecule has 0 aliphatic heterocycles. The van der Waals surface area contributed by atoms with Gasteiger partial charge in [-0.2, -0.15) is 0 Å². The maximum Gasteiger partial charge on any atom is 0.333 e. The van der Waals surface area contributed by atoms with E-state index in [2.05, 4.69) is 9.97 Å². The molecule has 2 aromatic carbocycles. The van der Waals surface area contributed by atoms with E-state index in [1.165, 1.54) is 16.7 Å². The van der Waals surface area contributed by atoms with Crippen LogP contribution in [0.15, 0.2) is 69.1 Å². The molecule has 3 N–H and O–H groups in total. The lowest BCUT2D eigenvalue weighted by Crippen LogP contribution is -2.40. The van der Waals surface area contributed by atoms with Crippen molar-refractivity contribution in [3.8, 4) is 0 Å². The Balaban J connectivity index is 1.77. The fourth-order valence-corrected chi connectivity index (χ4v) is 4.23. The van der Waals surface area contributed by atoms with Crippen molar-refractivity contribution in [3.63, 3.8) is 0 Å². The lowest BCUT2D eigenvalue weighted by atomic mass is 10.1. The van der Waals surface area contributed by atoms with E-state index in [0.29, 0.717) is 24.4 Å². The normalized spacial score (nSPS) is 11.8. The van der Waals surface area contributed by atoms with E-state index in [0.717, 1.165) is 24.0 Å². The Morgan fingerprint density at radius 2 is 1.67 bits per heavy atom. The van der Waals surface area contributed by atoms with E-state index in [1.54, 1.807) is 16.7 Å². The summed E-state index contributed by atoms with van der Waals surface area (Å²) in [7, 11) is -3.77. The van der Waals surface area contributed by atoms with E-state index < -0.39 is 15.6 Å². The van der Waals surface area contributed by atoms with Crippen LogP contribution in [0, 0.1) is 0 Å². The number of imidazole rings is 1. The zero-order valence-electron chi connectivity index (χ0n) is 18.2. The number of rotatable bonds is 8. The molecule has 0 radical (unpaired) electrons. The second kappa shape index (κ2) is 9.16. The molecule has 2 aromatic heterocycles. The van der Waals surface area contributed by atoms with Crippen LogP contribution >= 0.6 is 0 Å². The summed E-state index contributed by atoms with van der Waals surface area (Å²) in [5.41, 5.74) is 1.44. The number of sulfonamides is 1. The number of aryl methyl sites for hydroxylation is 1. The zero-order chi connectivity index (χ0) is 23.6. The number of aromatic amines is 1. The van der Waals surface area contributed by atoms with Gasteiger partial charge >= 0.3 is 5.69 Å². The van der Waals surface area contributed by atoms with Crippen molar-refractivity contribution in [1.82, 2.24) is 19.1 Å². The topological polar surface area (TPSA) is 133 Å². The summed E-state index contributed by atoms with van der Waals surface area (Å²) >= 11 is 0. The molecule has 0 saturated carbocycles. The highest BCUT2D eigenvalue weighted by Gasteiger charge is 2.18. The first-order valence-corrected chi connectivity index (χ1v) is 12.2. The van der Waals surface area contributed by atoms with Crippen molar-refractivity contribution in [1.29, 1.82) is 0 Å². The van der Waals surface area contributed by atoms with E-state index in [9.17, 15) is 18.0 Å². The Morgan fingerprint density at radius 3 is 2.30 bits per heavy atom. The quantitative estimate of drug-likeness (QED) is 0.409. The average molecular weight is 468 g/mol. The maximum atomic E-state index is 13.2. The van der Waals surface area contributed by atoms with Crippen molar-refractivity contribution in [2.45, 2.75) is 44.2 Å². The Morgan fingerprint density at radius 1 is 0.970 bits per heavy atom. The minimum absolute atomic E-state index is 0.0214. The molecular weight excluding hydrogens is 442 g/mol. The van der Waals surface area contributed by atoms with Gasteiger partial charge in [-0.3, -0.25) is 13.9 Å². The summed E-state index contributed by atoms with van der Waals surface area (Å²) in [4.78, 5) is 34.1. The second-order valence-corrected chi connectivity index (χ2v) is 9.47. The highest BCUT2D eigenvalue weighted by molar-refractivity contribution is 7.89. The molecule has 0 spiro atoms. The molecular formula is C23H25N5O4S. The number of fused-ring (bicyclic) bond motifs is 1. The molecule has 0 unspecified atom stereocenters. The molecule has 0 saturated heterocycles. The van der Waals surface area contributed by atoms with Crippen LogP contribution < -0.4 is 16.4 Å². The average Bonchev–Trinajstić information content (AvgIpc) is 3.21. The van der Waals surface area contributed by atoms with Crippen LogP contribution in [0.3, 0.4) is 0 Å². The number of unbranched alkanes of at least 4 members (excludes halogenated alkanes) is 1. The van der Waals surface area contributed by atoms with Gasteiger partial charge in [-0.25, -0.2) is 23.3 Å². The van der Waals surface area contributed by atoms with E-state index in [1.807, 2.05) is 37.3 Å². The number of nitrogens with zero attached hydrogens (tertiary/aromatic N) is 3. The van der Waals surface area contributed by atoms with Gasteiger partial charge in [0.25, 0.3) is 5.56 Å². The smallest absolute Gasteiger partial charge is 0.333 e. The van der Waals surface area contributed by atoms with Gasteiger partial charge in [0, 0.05) is 13.0 Å². The first kappa shape index (κ1) is 22.7. The SMILES string of the molecule is CCCCn1c(=O)n(Cc2ccccc2)c(=O)c2[nH]c(Cc3ccc(S(N)(=O)=O)cc3)nc21. The van der Waals surface area contributed by atoms with Gasteiger partial charge in [-0.1, -0.05) is 55.8 Å². The summed E-state index contributed by atoms with van der Waals surface area (Å²) in [5, 5.41) is 5.15. The number of aromatic nitrogens is 4. The summed E-state index contributed by atoms with van der Waals surface area (Å²) in [5.74, 6) is 0.507. The van der Waals surface area contributed by atoms with Crippen LogP contribution in [0.2, 0.25) is 0 Å². The molecule has 0 aliphatic rings. The predicted octanol–water partition coefficient (Wildman–Crippen LogP) is 1.97. The first-order valence-electron chi connectivity index (χ1n) is 10.7. The first-order chi connectivity index (χ1) is 15.8. The number of benzene rings is 2. The number of hydrogen-bond donors (Lipinski definition) is 2. The largest absolute Gasteiger partial charge is 0.336 e. The molecule has 0 aliphatic carbocycles. The molecule has 4 rings (SSSR count). The van der Waals surface area contributed by atoms with Crippen molar-refractivity contribution >= 4 is 21.2 Å². The third-order valence-electron chi connectivity index (χ3n) is 5.45. The lowest BCUT2D eigenvalue weighted by molar-refractivity contribution is 0.569. The molecule has 2 heterocycles. The highest BCUT2D eigenvalue weighted by Crippen LogP contribution is 2.14. The standard InChI is InChI=1S/C23H25N5O4S/c1-2-3-13-27-21-20(22(29)28(23(27)30)15-17-7-5-4-6-8-17)25-19(26-21)14-16-9-11-18(12-10-16)33(24,31)32/h4-12H,2-3,13-15H2,1H3,(H,25,26)(H2,24,31,32). The minimum atomic E-state index is -3.77. The molecule has 0 atom stereocenters. The van der Waals surface area contributed by atoms with Gasteiger partial charge in [-0.05, 0) is 29.7 Å². The second-order valence-electron chi connectivity index (χ2n) is 7.91. The summed E-state index contributed by atoms with van der Waals surface area (Å²) in [6, 6.07) is 15.5. The number of hydrogen-bond acceptors (Lipinski definition) is 5. The van der Waals surface area contributed by atoms with Crippen LogP contribution in [0.4, 0.5) is 0 Å². The molecule has 0 bridgehead atoms. The Kier molecular flexibility index (Phi) is 6.30. The fourth-order valence-electron chi connectivity index (χ4n) is 3.71. The molecule has 0 fully saturated rings. The monoisotopic (exact) mass is 467 g/mol. The van der Waals surface area contributed by atoms with Crippen molar-refractivity contribution in [3.05, 3.63) is 92.4 Å². The van der Waals surface area contributed by atoms with Crippen LogP contribution in [0.1, 0.15) is 36.7 Å². The van der Waals surface area contributed by atoms with Crippen LogP contribution in [-0.4, -0.2) is 27.5 Å². The number of primary sulfonamides is 1. The summed E-state index contributed by atoms with van der Waals surface area (Å²) in [6.07, 6.45) is 1.99. The highest BCUT2D eigenvalue weighted by atomic mass is 32.2. The zero-order valence-corrected chi connectivity index (χ0v) is 19.0. The number of nitrogens with two attached hydrogens (primary N) is 1. The van der Waals surface area contributed by atoms with E-state index in [-0.39, 0.29) is 22.6 Å². The van der Waals surface area contributed by atoms with Crippen molar-refractivity contribution in [2.24, 2.45) is 5.14 Å². The summed E-state index contributed by atoms with van der Waals surface area (Å²) in [6.45, 7) is 2.65. The maximum absolute atomic E-state index is 13.2. The lowest BCUT2D eigenvalue weighted by Gasteiger charge is -2.11. The van der Waals surface area contributed by atoms with Gasteiger partial charge in [-0.15, -0.1) is 0 Å².